The highest BCUT2D eigenvalue weighted by Crippen LogP contribution is 2.29. The van der Waals surface area contributed by atoms with Crippen LogP contribution in [0.4, 0.5) is 10.5 Å². The SMILES string of the molecule is COc1cccc(CCN2CCN(C(=O)Nc3ccccc3C(C)(C)C)CC2)c1. The first-order chi connectivity index (χ1) is 13.9. The molecule has 5 nitrogen and oxygen atoms in total. The van der Waals surface area contributed by atoms with Gasteiger partial charge in [-0.1, -0.05) is 51.1 Å². The minimum Gasteiger partial charge on any atom is -0.497 e. The molecular weight excluding hydrogens is 362 g/mol. The number of amides is 2. The first kappa shape index (κ1) is 21.2. The second kappa shape index (κ2) is 9.31. The van der Waals surface area contributed by atoms with Gasteiger partial charge in [-0.2, -0.15) is 0 Å². The highest BCUT2D eigenvalue weighted by Gasteiger charge is 2.23. The molecule has 0 unspecified atom stereocenters. The van der Waals surface area contributed by atoms with Gasteiger partial charge in [-0.25, -0.2) is 4.79 Å². The molecule has 1 aliphatic heterocycles. The molecule has 5 heteroatoms. The zero-order valence-corrected chi connectivity index (χ0v) is 18.1. The van der Waals surface area contributed by atoms with Crippen LogP contribution in [0.2, 0.25) is 0 Å². The Morgan fingerprint density at radius 3 is 2.45 bits per heavy atom. The van der Waals surface area contributed by atoms with E-state index < -0.39 is 0 Å². The van der Waals surface area contributed by atoms with E-state index >= 15 is 0 Å². The van der Waals surface area contributed by atoms with Gasteiger partial charge in [0.1, 0.15) is 5.75 Å². The van der Waals surface area contributed by atoms with Crippen LogP contribution in [0, 0.1) is 0 Å². The lowest BCUT2D eigenvalue weighted by Gasteiger charge is -2.35. The number of hydrogen-bond acceptors (Lipinski definition) is 3. The maximum atomic E-state index is 12.8. The zero-order valence-electron chi connectivity index (χ0n) is 18.1. The molecule has 1 N–H and O–H groups in total. The number of rotatable bonds is 5. The summed E-state index contributed by atoms with van der Waals surface area (Å²) in [7, 11) is 1.70. The molecule has 3 rings (SSSR count). The third kappa shape index (κ3) is 5.73. The van der Waals surface area contributed by atoms with Crippen molar-refractivity contribution >= 4 is 11.7 Å². The fraction of sp³-hybridized carbons (Fsp3) is 0.458. The number of piperazine rings is 1. The molecule has 0 bridgehead atoms. The van der Waals surface area contributed by atoms with E-state index in [2.05, 4.69) is 49.2 Å². The van der Waals surface area contributed by atoms with Gasteiger partial charge in [-0.05, 0) is 41.2 Å². The number of benzene rings is 2. The molecule has 2 aromatic carbocycles. The Kier molecular flexibility index (Phi) is 6.80. The Labute approximate surface area is 174 Å². The van der Waals surface area contributed by atoms with E-state index in [1.807, 2.05) is 35.2 Å². The molecule has 0 spiro atoms. The van der Waals surface area contributed by atoms with Crippen molar-refractivity contribution in [2.24, 2.45) is 0 Å². The molecule has 0 atom stereocenters. The van der Waals surface area contributed by atoms with Gasteiger partial charge in [0.2, 0.25) is 0 Å². The van der Waals surface area contributed by atoms with Crippen molar-refractivity contribution in [2.75, 3.05) is 45.2 Å². The van der Waals surface area contributed by atoms with Crippen LogP contribution >= 0.6 is 0 Å². The molecule has 156 valence electrons. The molecular formula is C24H33N3O2. The van der Waals surface area contributed by atoms with Crippen molar-refractivity contribution in [1.82, 2.24) is 9.80 Å². The number of methoxy groups -OCH3 is 1. The summed E-state index contributed by atoms with van der Waals surface area (Å²) in [4.78, 5) is 17.1. The summed E-state index contributed by atoms with van der Waals surface area (Å²) >= 11 is 0. The number of nitrogens with zero attached hydrogens (tertiary/aromatic N) is 2. The van der Waals surface area contributed by atoms with Crippen molar-refractivity contribution in [3.63, 3.8) is 0 Å². The summed E-state index contributed by atoms with van der Waals surface area (Å²) in [5, 5.41) is 3.13. The third-order valence-electron chi connectivity index (χ3n) is 5.49. The van der Waals surface area contributed by atoms with E-state index in [0.717, 1.165) is 56.1 Å². The van der Waals surface area contributed by atoms with Crippen LogP contribution in [-0.2, 0) is 11.8 Å². The highest BCUT2D eigenvalue weighted by molar-refractivity contribution is 5.90. The molecule has 0 aliphatic carbocycles. The van der Waals surface area contributed by atoms with Gasteiger partial charge < -0.3 is 15.0 Å². The number of hydrogen-bond donors (Lipinski definition) is 1. The van der Waals surface area contributed by atoms with Gasteiger partial charge in [0, 0.05) is 38.4 Å². The monoisotopic (exact) mass is 395 g/mol. The van der Waals surface area contributed by atoms with Crippen molar-refractivity contribution < 1.29 is 9.53 Å². The average molecular weight is 396 g/mol. The maximum Gasteiger partial charge on any atom is 0.321 e. The summed E-state index contributed by atoms with van der Waals surface area (Å²) in [6.07, 6.45) is 0.988. The lowest BCUT2D eigenvalue weighted by molar-refractivity contribution is 0.148. The second-order valence-corrected chi connectivity index (χ2v) is 8.66. The predicted octanol–water partition coefficient (Wildman–Crippen LogP) is 4.38. The topological polar surface area (TPSA) is 44.8 Å². The summed E-state index contributed by atoms with van der Waals surface area (Å²) < 4.78 is 5.30. The largest absolute Gasteiger partial charge is 0.497 e. The smallest absolute Gasteiger partial charge is 0.321 e. The van der Waals surface area contributed by atoms with Gasteiger partial charge in [-0.15, -0.1) is 0 Å². The Morgan fingerprint density at radius 1 is 1.03 bits per heavy atom. The second-order valence-electron chi connectivity index (χ2n) is 8.66. The molecule has 1 fully saturated rings. The van der Waals surface area contributed by atoms with E-state index in [9.17, 15) is 4.79 Å². The molecule has 1 saturated heterocycles. The normalized spacial score (nSPS) is 15.2. The minimum atomic E-state index is -0.0112. The number of urea groups is 1. The molecule has 29 heavy (non-hydrogen) atoms. The molecule has 0 saturated carbocycles. The maximum absolute atomic E-state index is 12.8. The van der Waals surface area contributed by atoms with Crippen molar-refractivity contribution in [3.05, 3.63) is 59.7 Å². The van der Waals surface area contributed by atoms with E-state index in [1.54, 1.807) is 7.11 Å². The van der Waals surface area contributed by atoms with E-state index in [0.29, 0.717) is 0 Å². The van der Waals surface area contributed by atoms with Gasteiger partial charge in [-0.3, -0.25) is 4.90 Å². The molecule has 2 amide bonds. The number of carbonyl (C=O) groups excluding carboxylic acids is 1. The number of carbonyl (C=O) groups is 1. The van der Waals surface area contributed by atoms with Crippen LogP contribution in [0.1, 0.15) is 31.9 Å². The van der Waals surface area contributed by atoms with Crippen LogP contribution in [-0.4, -0.2) is 55.7 Å². The molecule has 1 heterocycles. The van der Waals surface area contributed by atoms with Crippen molar-refractivity contribution in [1.29, 1.82) is 0 Å². The predicted molar refractivity (Wildman–Crippen MR) is 119 cm³/mol. The summed E-state index contributed by atoms with van der Waals surface area (Å²) in [5.74, 6) is 0.902. The van der Waals surface area contributed by atoms with E-state index in [4.69, 9.17) is 4.74 Å². The van der Waals surface area contributed by atoms with Crippen LogP contribution in [0.15, 0.2) is 48.5 Å². The summed E-state index contributed by atoms with van der Waals surface area (Å²) in [6.45, 7) is 10.8. The number of anilines is 1. The third-order valence-corrected chi connectivity index (χ3v) is 5.49. The van der Waals surface area contributed by atoms with Crippen molar-refractivity contribution in [3.8, 4) is 5.75 Å². The number of nitrogens with one attached hydrogen (secondary N) is 1. The van der Waals surface area contributed by atoms with Gasteiger partial charge in [0.05, 0.1) is 7.11 Å². The van der Waals surface area contributed by atoms with Gasteiger partial charge in [0.25, 0.3) is 0 Å². The van der Waals surface area contributed by atoms with Crippen molar-refractivity contribution in [2.45, 2.75) is 32.6 Å². The van der Waals surface area contributed by atoms with Crippen LogP contribution in [0.3, 0.4) is 0 Å². The summed E-state index contributed by atoms with van der Waals surface area (Å²) in [5.41, 5.74) is 3.34. The Hall–Kier alpha value is -2.53. The Balaban J connectivity index is 1.50. The Morgan fingerprint density at radius 2 is 1.76 bits per heavy atom. The molecule has 0 aromatic heterocycles. The van der Waals surface area contributed by atoms with Crippen LogP contribution in [0.25, 0.3) is 0 Å². The standard InChI is InChI=1S/C24H33N3O2/c1-24(2,3)21-10-5-6-11-22(21)25-23(28)27-16-14-26(15-17-27)13-12-19-8-7-9-20(18-19)29-4/h5-11,18H,12-17H2,1-4H3,(H,25,28). The molecule has 2 aromatic rings. The first-order valence-electron chi connectivity index (χ1n) is 10.4. The quantitative estimate of drug-likeness (QED) is 0.817. The number of para-hydroxylation sites is 1. The van der Waals surface area contributed by atoms with E-state index in [1.165, 1.54) is 5.56 Å². The highest BCUT2D eigenvalue weighted by atomic mass is 16.5. The Bertz CT molecular complexity index is 821. The molecule has 1 aliphatic rings. The lowest BCUT2D eigenvalue weighted by Crippen LogP contribution is -2.50. The molecule has 0 radical (unpaired) electrons. The number of ether oxygens (including phenoxy) is 1. The fourth-order valence-electron chi connectivity index (χ4n) is 3.73. The van der Waals surface area contributed by atoms with Gasteiger partial charge in [0.15, 0.2) is 0 Å². The lowest BCUT2D eigenvalue weighted by atomic mass is 9.86. The minimum absolute atomic E-state index is 0.00542. The average Bonchev–Trinajstić information content (AvgIpc) is 2.72. The fourth-order valence-corrected chi connectivity index (χ4v) is 3.73. The van der Waals surface area contributed by atoms with Crippen LogP contribution < -0.4 is 10.1 Å². The van der Waals surface area contributed by atoms with E-state index in [-0.39, 0.29) is 11.4 Å². The van der Waals surface area contributed by atoms with Gasteiger partial charge >= 0.3 is 6.03 Å². The van der Waals surface area contributed by atoms with Crippen LogP contribution in [0.5, 0.6) is 5.75 Å². The zero-order chi connectivity index (χ0) is 20.9. The summed E-state index contributed by atoms with van der Waals surface area (Å²) in [6, 6.07) is 16.3. The first-order valence-corrected chi connectivity index (χ1v) is 10.4.